The average molecular weight is 422 g/mol. The number of amides is 1. The first-order valence-corrected chi connectivity index (χ1v) is 10.5. The minimum Gasteiger partial charge on any atom is -0.448 e. The van der Waals surface area contributed by atoms with Crippen molar-refractivity contribution in [3.63, 3.8) is 0 Å². The van der Waals surface area contributed by atoms with Gasteiger partial charge in [0, 0.05) is 12.6 Å². The third kappa shape index (κ3) is 4.39. The maximum Gasteiger partial charge on any atom is 0.287 e. The van der Waals surface area contributed by atoms with Gasteiger partial charge in [0.1, 0.15) is 6.26 Å². The van der Waals surface area contributed by atoms with Crippen molar-refractivity contribution in [1.29, 1.82) is 0 Å². The lowest BCUT2D eigenvalue weighted by Gasteiger charge is -2.20. The molecule has 0 radical (unpaired) electrons. The van der Waals surface area contributed by atoms with Gasteiger partial charge in [0.05, 0.1) is 22.7 Å². The number of carbonyl (C=O) groups excluding carboxylic acids is 1. The lowest BCUT2D eigenvalue weighted by Crippen LogP contribution is -2.40. The van der Waals surface area contributed by atoms with E-state index in [-0.39, 0.29) is 23.7 Å². The summed E-state index contributed by atoms with van der Waals surface area (Å²) in [5.74, 6) is 0.389. The van der Waals surface area contributed by atoms with Crippen molar-refractivity contribution in [3.05, 3.63) is 78.0 Å². The van der Waals surface area contributed by atoms with Crippen LogP contribution in [0, 0.1) is 0 Å². The van der Waals surface area contributed by atoms with Crippen LogP contribution < -0.4 is 15.4 Å². The summed E-state index contributed by atoms with van der Waals surface area (Å²) in [6.45, 7) is 2.45. The summed E-state index contributed by atoms with van der Waals surface area (Å²) in [6.07, 6.45) is 3.15. The second kappa shape index (κ2) is 9.15. The van der Waals surface area contributed by atoms with Crippen molar-refractivity contribution >= 4 is 29.4 Å². The van der Waals surface area contributed by atoms with E-state index in [0.29, 0.717) is 12.4 Å². The zero-order valence-corrected chi connectivity index (χ0v) is 17.6. The van der Waals surface area contributed by atoms with Crippen molar-refractivity contribution in [3.8, 4) is 0 Å². The molecule has 0 fully saturated rings. The topological polar surface area (TPSA) is 91.5 Å². The fraction of sp³-hybridized carbons (Fsp3) is 0.227. The number of fused-ring (bicyclic) bond motifs is 1. The highest BCUT2D eigenvalue weighted by Crippen LogP contribution is 2.33. The number of hydrogen-bond donors (Lipinski definition) is 3. The molecule has 0 saturated carbocycles. The SMILES string of the molecule is CNC(C)c1ccc2c(c1)SNC(C(=O)NCC(c1ccccc1)c1ncco1)=N2. The standard InChI is InChI=1S/C22H23N5O2S/c1-14(23-2)16-8-9-18-19(12-16)30-27-20(26-18)21(28)25-13-17(22-24-10-11-29-22)15-6-4-3-5-7-15/h3-12,14,17,23H,13H2,1-2H3,(H,25,28)(H,26,27). The molecule has 2 atom stereocenters. The molecule has 2 heterocycles. The van der Waals surface area contributed by atoms with Gasteiger partial charge in [0.25, 0.3) is 5.91 Å². The lowest BCUT2D eigenvalue weighted by atomic mass is 9.99. The molecule has 2 aromatic carbocycles. The van der Waals surface area contributed by atoms with E-state index in [9.17, 15) is 4.79 Å². The van der Waals surface area contributed by atoms with Crippen LogP contribution in [0.2, 0.25) is 0 Å². The molecule has 1 aromatic heterocycles. The van der Waals surface area contributed by atoms with Crippen LogP contribution in [-0.2, 0) is 4.79 Å². The van der Waals surface area contributed by atoms with Gasteiger partial charge in [-0.2, -0.15) is 0 Å². The number of nitrogens with one attached hydrogen (secondary N) is 3. The van der Waals surface area contributed by atoms with Crippen LogP contribution in [0.15, 0.2) is 75.3 Å². The van der Waals surface area contributed by atoms with Crippen LogP contribution in [-0.4, -0.2) is 30.3 Å². The van der Waals surface area contributed by atoms with E-state index in [0.717, 1.165) is 16.1 Å². The monoisotopic (exact) mass is 421 g/mol. The van der Waals surface area contributed by atoms with Gasteiger partial charge in [0.15, 0.2) is 0 Å². The van der Waals surface area contributed by atoms with Crippen molar-refractivity contribution in [2.24, 2.45) is 4.99 Å². The Morgan fingerprint density at radius 3 is 2.77 bits per heavy atom. The van der Waals surface area contributed by atoms with Crippen molar-refractivity contribution in [1.82, 2.24) is 20.3 Å². The Hall–Kier alpha value is -3.10. The molecular formula is C22H23N5O2S. The normalized spacial score (nSPS) is 14.8. The van der Waals surface area contributed by atoms with E-state index >= 15 is 0 Å². The van der Waals surface area contributed by atoms with Crippen LogP contribution in [0.3, 0.4) is 0 Å². The van der Waals surface area contributed by atoms with E-state index in [4.69, 9.17) is 4.42 Å². The van der Waals surface area contributed by atoms with Crippen LogP contribution >= 0.6 is 11.9 Å². The Morgan fingerprint density at radius 2 is 2.03 bits per heavy atom. The van der Waals surface area contributed by atoms with E-state index in [2.05, 4.69) is 38.3 Å². The summed E-state index contributed by atoms with van der Waals surface area (Å²) in [4.78, 5) is 22.5. The number of amidine groups is 1. The molecule has 30 heavy (non-hydrogen) atoms. The van der Waals surface area contributed by atoms with Gasteiger partial charge in [-0.15, -0.1) is 0 Å². The highest BCUT2D eigenvalue weighted by atomic mass is 32.2. The molecule has 0 spiro atoms. The molecule has 1 aliphatic rings. The minimum absolute atomic E-state index is 0.181. The van der Waals surface area contributed by atoms with Gasteiger partial charge in [-0.1, -0.05) is 36.4 Å². The Labute approximate surface area is 179 Å². The molecule has 1 aliphatic heterocycles. The van der Waals surface area contributed by atoms with Crippen LogP contribution in [0.5, 0.6) is 0 Å². The summed E-state index contributed by atoms with van der Waals surface area (Å²) in [7, 11) is 1.93. The van der Waals surface area contributed by atoms with E-state index in [1.807, 2.05) is 49.5 Å². The number of aromatic nitrogens is 1. The van der Waals surface area contributed by atoms with Gasteiger partial charge < -0.3 is 19.8 Å². The summed E-state index contributed by atoms with van der Waals surface area (Å²) >= 11 is 1.40. The van der Waals surface area contributed by atoms with Crippen molar-refractivity contribution < 1.29 is 9.21 Å². The van der Waals surface area contributed by atoms with Gasteiger partial charge in [-0.3, -0.25) is 4.79 Å². The zero-order valence-electron chi connectivity index (χ0n) is 16.8. The van der Waals surface area contributed by atoms with Gasteiger partial charge in [0.2, 0.25) is 11.7 Å². The van der Waals surface area contributed by atoms with Crippen molar-refractivity contribution in [2.75, 3.05) is 13.6 Å². The van der Waals surface area contributed by atoms with Crippen LogP contribution in [0.4, 0.5) is 5.69 Å². The summed E-state index contributed by atoms with van der Waals surface area (Å²) in [5, 5.41) is 6.18. The third-order valence-corrected chi connectivity index (χ3v) is 5.88. The summed E-state index contributed by atoms with van der Waals surface area (Å²) in [6, 6.07) is 16.1. The fourth-order valence-electron chi connectivity index (χ4n) is 3.20. The molecule has 8 heteroatoms. The summed E-state index contributed by atoms with van der Waals surface area (Å²) in [5.41, 5.74) is 2.97. The van der Waals surface area contributed by atoms with Gasteiger partial charge in [-0.05, 0) is 49.2 Å². The van der Waals surface area contributed by atoms with E-state index in [1.165, 1.54) is 23.8 Å². The number of benzene rings is 2. The number of carbonyl (C=O) groups is 1. The molecule has 4 rings (SSSR count). The lowest BCUT2D eigenvalue weighted by molar-refractivity contribution is -0.115. The highest BCUT2D eigenvalue weighted by molar-refractivity contribution is 7.98. The van der Waals surface area contributed by atoms with Crippen LogP contribution in [0.25, 0.3) is 0 Å². The first-order chi connectivity index (χ1) is 14.7. The molecule has 3 aromatic rings. The Bertz CT molecular complexity index is 1040. The Balaban J connectivity index is 1.48. The zero-order chi connectivity index (χ0) is 20.9. The Morgan fingerprint density at radius 1 is 1.20 bits per heavy atom. The van der Waals surface area contributed by atoms with E-state index < -0.39 is 0 Å². The summed E-state index contributed by atoms with van der Waals surface area (Å²) < 4.78 is 8.55. The maximum atomic E-state index is 12.8. The number of hydrogen-bond acceptors (Lipinski definition) is 7. The largest absolute Gasteiger partial charge is 0.448 e. The maximum absolute atomic E-state index is 12.8. The third-order valence-electron chi connectivity index (χ3n) is 5.04. The fourth-order valence-corrected chi connectivity index (χ4v) is 3.96. The number of nitrogens with zero attached hydrogens (tertiary/aromatic N) is 2. The van der Waals surface area contributed by atoms with Gasteiger partial charge >= 0.3 is 0 Å². The quantitative estimate of drug-likeness (QED) is 0.506. The van der Waals surface area contributed by atoms with Gasteiger partial charge in [-0.25, -0.2) is 9.98 Å². The number of rotatable bonds is 7. The molecule has 0 aliphatic carbocycles. The first-order valence-electron chi connectivity index (χ1n) is 9.71. The minimum atomic E-state index is -0.270. The predicted molar refractivity (Wildman–Crippen MR) is 118 cm³/mol. The molecule has 2 unspecified atom stereocenters. The Kier molecular flexibility index (Phi) is 6.15. The smallest absolute Gasteiger partial charge is 0.287 e. The molecule has 7 nitrogen and oxygen atoms in total. The molecule has 1 amide bonds. The molecule has 154 valence electrons. The van der Waals surface area contributed by atoms with E-state index in [1.54, 1.807) is 6.20 Å². The second-order valence-electron chi connectivity index (χ2n) is 6.95. The van der Waals surface area contributed by atoms with Crippen LogP contribution in [0.1, 0.15) is 35.9 Å². The highest BCUT2D eigenvalue weighted by Gasteiger charge is 2.23. The predicted octanol–water partition coefficient (Wildman–Crippen LogP) is 3.54. The molecular weight excluding hydrogens is 398 g/mol. The molecule has 0 saturated heterocycles. The van der Waals surface area contributed by atoms with Crippen molar-refractivity contribution in [2.45, 2.75) is 23.8 Å². The first kappa shape index (κ1) is 20.2. The number of aliphatic imine (C=N–C) groups is 1. The average Bonchev–Trinajstić information content (AvgIpc) is 3.33. The molecule has 3 N–H and O–H groups in total. The number of oxazole rings is 1. The molecule has 0 bridgehead atoms. The second-order valence-corrected chi connectivity index (χ2v) is 7.79.